The molecule has 0 bridgehead atoms. The van der Waals surface area contributed by atoms with Crippen LogP contribution < -0.4 is 0 Å². The number of hydrogen-bond acceptors (Lipinski definition) is 1. The van der Waals surface area contributed by atoms with Crippen LogP contribution in [0.15, 0.2) is 23.3 Å². The van der Waals surface area contributed by atoms with Crippen molar-refractivity contribution in [2.24, 2.45) is 0 Å². The maximum atomic E-state index is 10.2. The normalized spacial score (nSPS) is 11.1. The average Bonchev–Trinajstić information content (AvgIpc) is 2.02. The van der Waals surface area contributed by atoms with E-state index in [1.807, 2.05) is 0 Å². The van der Waals surface area contributed by atoms with Gasteiger partial charge in [-0.2, -0.15) is 0 Å². The highest BCUT2D eigenvalue weighted by Gasteiger charge is 1.91. The molecule has 0 atom stereocenters. The van der Waals surface area contributed by atoms with E-state index in [0.717, 1.165) is 25.5 Å². The van der Waals surface area contributed by atoms with Gasteiger partial charge in [-0.25, -0.2) is 0 Å². The molecule has 0 radical (unpaired) electrons. The van der Waals surface area contributed by atoms with Gasteiger partial charge in [0, 0.05) is 0 Å². The Kier molecular flexibility index (Phi) is 6.35. The summed E-state index contributed by atoms with van der Waals surface area (Å²) < 4.78 is 0. The van der Waals surface area contributed by atoms with Crippen molar-refractivity contribution in [1.82, 2.24) is 0 Å². The van der Waals surface area contributed by atoms with Gasteiger partial charge in [0.25, 0.3) is 0 Å². The largest absolute Gasteiger partial charge is 0.299 e. The highest BCUT2D eigenvalue weighted by molar-refractivity contribution is 5.66. The Morgan fingerprint density at radius 2 is 2.00 bits per heavy atom. The van der Waals surface area contributed by atoms with Gasteiger partial charge in [0.15, 0.2) is 0 Å². The first-order chi connectivity index (χ1) is 5.70. The smallest absolute Gasteiger partial charge is 0.142 e. The Balaban J connectivity index is 3.81. The lowest BCUT2D eigenvalue weighted by atomic mass is 10.1. The van der Waals surface area contributed by atoms with Gasteiger partial charge in [-0.3, -0.25) is 4.79 Å². The highest BCUT2D eigenvalue weighted by atomic mass is 16.1. The lowest BCUT2D eigenvalue weighted by Crippen LogP contribution is -1.82. The lowest BCUT2D eigenvalue weighted by Gasteiger charge is -1.99. The summed E-state index contributed by atoms with van der Waals surface area (Å²) in [6, 6.07) is 0. The molecule has 0 aromatic heterocycles. The van der Waals surface area contributed by atoms with E-state index in [2.05, 4.69) is 26.8 Å². The fourth-order valence-corrected chi connectivity index (χ4v) is 1.02. The monoisotopic (exact) mass is 166 g/mol. The average molecular weight is 166 g/mol. The number of carbonyl (C=O) groups excluding carboxylic acids is 1. The molecule has 0 heterocycles. The Labute approximate surface area is 75.2 Å². The third-order valence-electron chi connectivity index (χ3n) is 1.78. The van der Waals surface area contributed by atoms with Crippen LogP contribution in [0.4, 0.5) is 0 Å². The van der Waals surface area contributed by atoms with Gasteiger partial charge in [-0.15, -0.1) is 0 Å². The third-order valence-corrected chi connectivity index (χ3v) is 1.78. The van der Waals surface area contributed by atoms with E-state index >= 15 is 0 Å². The Morgan fingerprint density at radius 1 is 1.33 bits per heavy atom. The molecule has 0 saturated carbocycles. The van der Waals surface area contributed by atoms with Crippen molar-refractivity contribution in [3.63, 3.8) is 0 Å². The summed E-state index contributed by atoms with van der Waals surface area (Å²) in [5.41, 5.74) is 2.58. The molecular weight excluding hydrogens is 148 g/mol. The van der Waals surface area contributed by atoms with Gasteiger partial charge >= 0.3 is 0 Å². The van der Waals surface area contributed by atoms with Crippen molar-refractivity contribution in [2.45, 2.75) is 40.0 Å². The zero-order chi connectivity index (χ0) is 9.40. The molecule has 1 nitrogen and oxygen atoms in total. The summed E-state index contributed by atoms with van der Waals surface area (Å²) >= 11 is 0. The van der Waals surface area contributed by atoms with Gasteiger partial charge in [0.1, 0.15) is 6.29 Å². The van der Waals surface area contributed by atoms with Crippen LogP contribution in [0.25, 0.3) is 0 Å². The second-order valence-corrected chi connectivity index (χ2v) is 3.13. The number of carbonyl (C=O) groups is 1. The van der Waals surface area contributed by atoms with Gasteiger partial charge in [-0.1, -0.05) is 24.1 Å². The van der Waals surface area contributed by atoms with E-state index in [1.165, 1.54) is 11.1 Å². The molecular formula is C11H18O. The van der Waals surface area contributed by atoms with Crippen LogP contribution in [0.1, 0.15) is 40.0 Å². The highest BCUT2D eigenvalue weighted by Crippen LogP contribution is 2.09. The summed E-state index contributed by atoms with van der Waals surface area (Å²) in [5, 5.41) is 0. The lowest BCUT2D eigenvalue weighted by molar-refractivity contribution is -0.104. The minimum Gasteiger partial charge on any atom is -0.299 e. The van der Waals surface area contributed by atoms with Crippen LogP contribution >= 0.6 is 0 Å². The van der Waals surface area contributed by atoms with E-state index in [9.17, 15) is 4.79 Å². The van der Waals surface area contributed by atoms with E-state index in [4.69, 9.17) is 0 Å². The molecule has 12 heavy (non-hydrogen) atoms. The van der Waals surface area contributed by atoms with Crippen LogP contribution in [-0.4, -0.2) is 6.29 Å². The second kappa shape index (κ2) is 6.84. The van der Waals surface area contributed by atoms with Crippen LogP contribution in [0, 0.1) is 0 Å². The maximum Gasteiger partial charge on any atom is 0.142 e. The standard InChI is InChI=1S/C11H18O/c1-4-11(8-9-12)7-5-6-10(2)3/h6,8-9H,4-5,7H2,1-3H3/b11-8+. The molecule has 0 aliphatic rings. The molecule has 0 aliphatic carbocycles. The van der Waals surface area contributed by atoms with Crippen molar-refractivity contribution in [2.75, 3.05) is 0 Å². The number of rotatable bonds is 5. The minimum absolute atomic E-state index is 0.876. The number of aldehydes is 1. The van der Waals surface area contributed by atoms with Gasteiger partial charge in [0.2, 0.25) is 0 Å². The first kappa shape index (κ1) is 11.2. The first-order valence-electron chi connectivity index (χ1n) is 4.47. The molecule has 1 heteroatoms. The van der Waals surface area contributed by atoms with Crippen molar-refractivity contribution >= 4 is 6.29 Å². The number of allylic oxidation sites excluding steroid dienone is 4. The second-order valence-electron chi connectivity index (χ2n) is 3.13. The molecule has 68 valence electrons. The summed E-state index contributed by atoms with van der Waals surface area (Å²) in [5.74, 6) is 0. The molecule has 0 aromatic rings. The summed E-state index contributed by atoms with van der Waals surface area (Å²) in [6.45, 7) is 6.27. The summed E-state index contributed by atoms with van der Waals surface area (Å²) in [6.07, 6.45) is 7.81. The predicted molar refractivity (Wildman–Crippen MR) is 53.1 cm³/mol. The first-order valence-corrected chi connectivity index (χ1v) is 4.47. The topological polar surface area (TPSA) is 17.1 Å². The van der Waals surface area contributed by atoms with Crippen LogP contribution in [0.3, 0.4) is 0 Å². The van der Waals surface area contributed by atoms with Crippen LogP contribution in [-0.2, 0) is 4.79 Å². The zero-order valence-electron chi connectivity index (χ0n) is 8.26. The van der Waals surface area contributed by atoms with E-state index in [0.29, 0.717) is 0 Å². The van der Waals surface area contributed by atoms with E-state index in [1.54, 1.807) is 6.08 Å². The zero-order valence-corrected chi connectivity index (χ0v) is 8.26. The molecule has 0 amide bonds. The molecule has 0 N–H and O–H groups in total. The van der Waals surface area contributed by atoms with Gasteiger partial charge in [0.05, 0.1) is 0 Å². The van der Waals surface area contributed by atoms with Crippen molar-refractivity contribution in [3.8, 4) is 0 Å². The van der Waals surface area contributed by atoms with Crippen molar-refractivity contribution < 1.29 is 4.79 Å². The maximum absolute atomic E-state index is 10.2. The van der Waals surface area contributed by atoms with Crippen molar-refractivity contribution in [1.29, 1.82) is 0 Å². The Bertz CT molecular complexity index is 183. The molecule has 0 fully saturated rings. The molecule has 0 spiro atoms. The SMILES string of the molecule is CC/C(=C\C=O)CCC=C(C)C. The predicted octanol–water partition coefficient (Wildman–Crippen LogP) is 3.27. The Hall–Kier alpha value is -0.850. The van der Waals surface area contributed by atoms with Gasteiger partial charge < -0.3 is 0 Å². The molecule has 0 saturated heterocycles. The fraction of sp³-hybridized carbons (Fsp3) is 0.545. The molecule has 0 aromatic carbocycles. The van der Waals surface area contributed by atoms with E-state index in [-0.39, 0.29) is 0 Å². The summed E-state index contributed by atoms with van der Waals surface area (Å²) in [7, 11) is 0. The minimum atomic E-state index is 0.876. The van der Waals surface area contributed by atoms with Crippen molar-refractivity contribution in [3.05, 3.63) is 23.3 Å². The number of hydrogen-bond donors (Lipinski definition) is 0. The third kappa shape index (κ3) is 5.90. The fourth-order valence-electron chi connectivity index (χ4n) is 1.02. The quantitative estimate of drug-likeness (QED) is 0.348. The van der Waals surface area contributed by atoms with Crippen LogP contribution in [0.5, 0.6) is 0 Å². The molecule has 0 unspecified atom stereocenters. The van der Waals surface area contributed by atoms with E-state index < -0.39 is 0 Å². The Morgan fingerprint density at radius 3 is 2.42 bits per heavy atom. The van der Waals surface area contributed by atoms with Crippen LogP contribution in [0.2, 0.25) is 0 Å². The summed E-state index contributed by atoms with van der Waals surface area (Å²) in [4.78, 5) is 10.2. The molecule has 0 rings (SSSR count). The molecule has 0 aliphatic heterocycles. The van der Waals surface area contributed by atoms with Gasteiger partial charge in [-0.05, 0) is 39.2 Å².